The van der Waals surface area contributed by atoms with Gasteiger partial charge in [-0.1, -0.05) is 12.8 Å². The molecule has 0 aromatic carbocycles. The third-order valence-electron chi connectivity index (χ3n) is 4.01. The maximum Gasteiger partial charge on any atom is 0.00189 e. The van der Waals surface area contributed by atoms with Crippen LogP contribution >= 0.6 is 0 Å². The van der Waals surface area contributed by atoms with Crippen LogP contribution in [0.15, 0.2) is 0 Å². The summed E-state index contributed by atoms with van der Waals surface area (Å²) in [7, 11) is 2.31. The third-order valence-corrected chi connectivity index (χ3v) is 4.01. The molecule has 1 atom stereocenters. The van der Waals surface area contributed by atoms with Crippen LogP contribution in [-0.4, -0.2) is 38.1 Å². The van der Waals surface area contributed by atoms with Crippen LogP contribution in [-0.2, 0) is 0 Å². The Morgan fingerprint density at radius 2 is 1.67 bits per heavy atom. The number of hydrogen-bond acceptors (Lipinski definition) is 2. The van der Waals surface area contributed by atoms with Crippen LogP contribution in [0.1, 0.15) is 38.5 Å². The molecule has 0 spiro atoms. The molecule has 1 saturated carbocycles. The van der Waals surface area contributed by atoms with Crippen molar-refractivity contribution in [1.29, 1.82) is 0 Å². The van der Waals surface area contributed by atoms with Crippen molar-refractivity contribution in [2.45, 2.75) is 38.5 Å². The minimum Gasteiger partial charge on any atom is -0.316 e. The van der Waals surface area contributed by atoms with Gasteiger partial charge in [-0.2, -0.15) is 0 Å². The Morgan fingerprint density at radius 1 is 1.00 bits per heavy atom. The molecule has 1 aliphatic carbocycles. The average molecular weight is 210 g/mol. The van der Waals surface area contributed by atoms with E-state index in [2.05, 4.69) is 17.3 Å². The number of rotatable bonds is 4. The maximum atomic E-state index is 3.51. The molecule has 2 fully saturated rings. The fourth-order valence-electron chi connectivity index (χ4n) is 3.23. The first-order chi connectivity index (χ1) is 7.34. The number of nitrogens with one attached hydrogen (secondary N) is 1. The second-order valence-corrected chi connectivity index (χ2v) is 5.58. The van der Waals surface area contributed by atoms with Gasteiger partial charge in [0, 0.05) is 13.1 Å². The first-order valence-corrected chi connectivity index (χ1v) is 6.74. The highest BCUT2D eigenvalue weighted by atomic mass is 15.1. The SMILES string of the molecule is CN(CC1CCCC1)CC1CCCNC1. The van der Waals surface area contributed by atoms with Gasteiger partial charge in [-0.25, -0.2) is 0 Å². The molecular weight excluding hydrogens is 184 g/mol. The summed E-state index contributed by atoms with van der Waals surface area (Å²) in [4.78, 5) is 2.58. The van der Waals surface area contributed by atoms with E-state index in [4.69, 9.17) is 0 Å². The van der Waals surface area contributed by atoms with Gasteiger partial charge in [0.15, 0.2) is 0 Å². The third kappa shape index (κ3) is 3.76. The van der Waals surface area contributed by atoms with Gasteiger partial charge in [-0.3, -0.25) is 0 Å². The smallest absolute Gasteiger partial charge is 0.00189 e. The highest BCUT2D eigenvalue weighted by Gasteiger charge is 2.19. The Morgan fingerprint density at radius 3 is 2.33 bits per heavy atom. The summed E-state index contributed by atoms with van der Waals surface area (Å²) in [5.74, 6) is 1.91. The van der Waals surface area contributed by atoms with Crippen LogP contribution < -0.4 is 5.32 Å². The topological polar surface area (TPSA) is 15.3 Å². The van der Waals surface area contributed by atoms with Crippen molar-refractivity contribution in [3.05, 3.63) is 0 Å². The zero-order valence-corrected chi connectivity index (χ0v) is 10.2. The van der Waals surface area contributed by atoms with Crippen molar-refractivity contribution < 1.29 is 0 Å². The fraction of sp³-hybridized carbons (Fsp3) is 1.00. The lowest BCUT2D eigenvalue weighted by atomic mass is 9.98. The molecule has 0 aromatic heterocycles. The van der Waals surface area contributed by atoms with E-state index >= 15 is 0 Å². The largest absolute Gasteiger partial charge is 0.316 e. The van der Waals surface area contributed by atoms with Crippen LogP contribution in [0.3, 0.4) is 0 Å². The van der Waals surface area contributed by atoms with Crippen molar-refractivity contribution in [1.82, 2.24) is 10.2 Å². The van der Waals surface area contributed by atoms with E-state index < -0.39 is 0 Å². The molecule has 0 aromatic rings. The number of hydrogen-bond donors (Lipinski definition) is 1. The zero-order valence-electron chi connectivity index (χ0n) is 10.2. The van der Waals surface area contributed by atoms with E-state index in [9.17, 15) is 0 Å². The molecule has 1 unspecified atom stereocenters. The second kappa shape index (κ2) is 5.86. The molecule has 2 heteroatoms. The zero-order chi connectivity index (χ0) is 10.5. The lowest BCUT2D eigenvalue weighted by Gasteiger charge is -2.29. The monoisotopic (exact) mass is 210 g/mol. The van der Waals surface area contributed by atoms with E-state index in [0.717, 1.165) is 11.8 Å². The predicted molar refractivity (Wildman–Crippen MR) is 65.0 cm³/mol. The molecule has 0 bridgehead atoms. The molecule has 2 aliphatic rings. The highest BCUT2D eigenvalue weighted by molar-refractivity contribution is 4.75. The predicted octanol–water partition coefficient (Wildman–Crippen LogP) is 2.11. The molecule has 1 aliphatic heterocycles. The molecule has 2 nitrogen and oxygen atoms in total. The van der Waals surface area contributed by atoms with E-state index in [-0.39, 0.29) is 0 Å². The minimum absolute atomic E-state index is 0.908. The molecule has 0 amide bonds. The van der Waals surface area contributed by atoms with E-state index in [1.165, 1.54) is 64.7 Å². The molecular formula is C13H26N2. The standard InChI is InChI=1S/C13H26N2/c1-15(10-12-5-2-3-6-12)11-13-7-4-8-14-9-13/h12-14H,2-11H2,1H3. The van der Waals surface area contributed by atoms with Gasteiger partial charge in [0.05, 0.1) is 0 Å². The molecule has 0 radical (unpaired) electrons. The summed E-state index contributed by atoms with van der Waals surface area (Å²) in [6, 6.07) is 0. The van der Waals surface area contributed by atoms with Crippen molar-refractivity contribution in [3.63, 3.8) is 0 Å². The van der Waals surface area contributed by atoms with Crippen molar-refractivity contribution in [3.8, 4) is 0 Å². The molecule has 1 saturated heterocycles. The summed E-state index contributed by atoms with van der Waals surface area (Å²) in [5.41, 5.74) is 0. The van der Waals surface area contributed by atoms with Gasteiger partial charge < -0.3 is 10.2 Å². The average Bonchev–Trinajstić information content (AvgIpc) is 2.71. The van der Waals surface area contributed by atoms with Gasteiger partial charge in [0.25, 0.3) is 0 Å². The number of nitrogens with zero attached hydrogens (tertiary/aromatic N) is 1. The fourth-order valence-corrected chi connectivity index (χ4v) is 3.23. The van der Waals surface area contributed by atoms with E-state index in [1.54, 1.807) is 0 Å². The Bertz CT molecular complexity index is 169. The van der Waals surface area contributed by atoms with Crippen molar-refractivity contribution in [2.24, 2.45) is 11.8 Å². The molecule has 1 heterocycles. The van der Waals surface area contributed by atoms with Crippen LogP contribution in [0.25, 0.3) is 0 Å². The van der Waals surface area contributed by atoms with E-state index in [0.29, 0.717) is 0 Å². The van der Waals surface area contributed by atoms with Gasteiger partial charge in [0.2, 0.25) is 0 Å². The molecule has 15 heavy (non-hydrogen) atoms. The first kappa shape index (κ1) is 11.4. The van der Waals surface area contributed by atoms with Crippen LogP contribution in [0, 0.1) is 11.8 Å². The quantitative estimate of drug-likeness (QED) is 0.764. The van der Waals surface area contributed by atoms with Crippen LogP contribution in [0.4, 0.5) is 0 Å². The van der Waals surface area contributed by atoms with Crippen LogP contribution in [0.2, 0.25) is 0 Å². The van der Waals surface area contributed by atoms with Gasteiger partial charge in [-0.05, 0) is 57.7 Å². The molecule has 1 N–H and O–H groups in total. The summed E-state index contributed by atoms with van der Waals surface area (Å²) >= 11 is 0. The summed E-state index contributed by atoms with van der Waals surface area (Å²) in [5, 5.41) is 3.51. The normalized spacial score (nSPS) is 28.8. The molecule has 2 rings (SSSR count). The number of piperidine rings is 1. The first-order valence-electron chi connectivity index (χ1n) is 6.74. The summed E-state index contributed by atoms with van der Waals surface area (Å²) in [6.45, 7) is 5.14. The Hall–Kier alpha value is -0.0800. The Labute approximate surface area is 94.4 Å². The minimum atomic E-state index is 0.908. The maximum absolute atomic E-state index is 3.51. The Balaban J connectivity index is 1.64. The van der Waals surface area contributed by atoms with Gasteiger partial charge in [-0.15, -0.1) is 0 Å². The van der Waals surface area contributed by atoms with Crippen molar-refractivity contribution >= 4 is 0 Å². The van der Waals surface area contributed by atoms with Gasteiger partial charge in [0.1, 0.15) is 0 Å². The van der Waals surface area contributed by atoms with Crippen molar-refractivity contribution in [2.75, 3.05) is 33.2 Å². The lowest BCUT2D eigenvalue weighted by Crippen LogP contribution is -2.38. The lowest BCUT2D eigenvalue weighted by molar-refractivity contribution is 0.216. The van der Waals surface area contributed by atoms with Gasteiger partial charge >= 0.3 is 0 Å². The molecule has 88 valence electrons. The highest BCUT2D eigenvalue weighted by Crippen LogP contribution is 2.25. The van der Waals surface area contributed by atoms with E-state index in [1.807, 2.05) is 0 Å². The summed E-state index contributed by atoms with van der Waals surface area (Å²) in [6.07, 6.45) is 8.72. The Kier molecular flexibility index (Phi) is 4.45. The van der Waals surface area contributed by atoms with Crippen LogP contribution in [0.5, 0.6) is 0 Å². The second-order valence-electron chi connectivity index (χ2n) is 5.58. The summed E-state index contributed by atoms with van der Waals surface area (Å²) < 4.78 is 0.